The number of amides is 6. The third kappa shape index (κ3) is 15.9. The maximum atomic E-state index is 13.3. The van der Waals surface area contributed by atoms with Crippen LogP contribution < -0.4 is 32.3 Å². The van der Waals surface area contributed by atoms with E-state index in [-0.39, 0.29) is 49.7 Å². The minimum Gasteiger partial charge on any atom is -0.460 e. The minimum absolute atomic E-state index is 0.0634. The highest BCUT2D eigenvalue weighted by Gasteiger charge is 2.29. The largest absolute Gasteiger partial charge is 0.460 e. The molecule has 0 heterocycles. The number of nitrogens with two attached hydrogens (primary N) is 1. The molecular formula is C30H47IN6O7. The van der Waals surface area contributed by atoms with Crippen LogP contribution in [0.5, 0.6) is 0 Å². The summed E-state index contributed by atoms with van der Waals surface area (Å²) in [7, 11) is 0. The first-order chi connectivity index (χ1) is 20.6. The first-order valence-corrected chi connectivity index (χ1v) is 16.2. The molecule has 14 heteroatoms. The van der Waals surface area contributed by atoms with Gasteiger partial charge in [-0.15, -0.1) is 0 Å². The van der Waals surface area contributed by atoms with E-state index in [0.29, 0.717) is 35.9 Å². The van der Waals surface area contributed by atoms with Gasteiger partial charge in [-0.1, -0.05) is 48.6 Å². The van der Waals surface area contributed by atoms with Gasteiger partial charge in [-0.2, -0.15) is 0 Å². The zero-order valence-corrected chi connectivity index (χ0v) is 28.4. The number of rotatable bonds is 18. The van der Waals surface area contributed by atoms with Crippen LogP contribution in [0.25, 0.3) is 0 Å². The van der Waals surface area contributed by atoms with Gasteiger partial charge in [0.25, 0.3) is 0 Å². The number of carbonyl (C=O) groups is 6. The van der Waals surface area contributed by atoms with Gasteiger partial charge < -0.3 is 37.1 Å². The second-order valence-electron chi connectivity index (χ2n) is 11.7. The molecule has 0 saturated heterocycles. The van der Waals surface area contributed by atoms with Crippen molar-refractivity contribution in [3.05, 3.63) is 29.8 Å². The summed E-state index contributed by atoms with van der Waals surface area (Å²) in [6.07, 6.45) is 1.89. The van der Waals surface area contributed by atoms with Crippen molar-refractivity contribution in [2.75, 3.05) is 22.8 Å². The maximum absolute atomic E-state index is 13.3. The SMILES string of the molecule is CC(C)C(NC(=O)CCCCNC(=O)CI)C(=O)N[C@@H](CCCNC(N)=O)C(=O)Nc1ccc(COC(=O)C(C)(C)C)cc1. The molecule has 1 rings (SSSR count). The van der Waals surface area contributed by atoms with Gasteiger partial charge in [0.15, 0.2) is 0 Å². The van der Waals surface area contributed by atoms with Gasteiger partial charge in [-0.3, -0.25) is 24.0 Å². The first kappa shape index (κ1) is 38.6. The number of ether oxygens (including phenoxy) is 1. The molecule has 1 aromatic carbocycles. The molecule has 0 aliphatic heterocycles. The zero-order valence-electron chi connectivity index (χ0n) is 26.2. The molecule has 2 atom stereocenters. The van der Waals surface area contributed by atoms with Crippen LogP contribution in [0, 0.1) is 11.3 Å². The van der Waals surface area contributed by atoms with Gasteiger partial charge in [0.05, 0.1) is 9.84 Å². The van der Waals surface area contributed by atoms with E-state index >= 15 is 0 Å². The summed E-state index contributed by atoms with van der Waals surface area (Å²) in [4.78, 5) is 73.5. The van der Waals surface area contributed by atoms with E-state index in [2.05, 4.69) is 26.6 Å². The summed E-state index contributed by atoms with van der Waals surface area (Å²) in [5.74, 6) is -1.95. The lowest BCUT2D eigenvalue weighted by Crippen LogP contribution is -2.54. The monoisotopic (exact) mass is 730 g/mol. The lowest BCUT2D eigenvalue weighted by molar-refractivity contribution is -0.154. The molecule has 0 fully saturated rings. The Kier molecular flexibility index (Phi) is 17.3. The fraction of sp³-hybridized carbons (Fsp3) is 0.600. The van der Waals surface area contributed by atoms with E-state index in [4.69, 9.17) is 10.5 Å². The predicted octanol–water partition coefficient (Wildman–Crippen LogP) is 2.51. The summed E-state index contributed by atoms with van der Waals surface area (Å²) in [6.45, 7) is 9.65. The summed E-state index contributed by atoms with van der Waals surface area (Å²) >= 11 is 1.97. The summed E-state index contributed by atoms with van der Waals surface area (Å²) in [6, 6.07) is 4.22. The molecule has 0 spiro atoms. The molecule has 7 N–H and O–H groups in total. The van der Waals surface area contributed by atoms with E-state index in [1.807, 2.05) is 22.6 Å². The third-order valence-corrected chi connectivity index (χ3v) is 7.04. The van der Waals surface area contributed by atoms with E-state index in [9.17, 15) is 28.8 Å². The van der Waals surface area contributed by atoms with Crippen molar-refractivity contribution in [2.24, 2.45) is 17.1 Å². The maximum Gasteiger partial charge on any atom is 0.312 e. The van der Waals surface area contributed by atoms with Crippen LogP contribution >= 0.6 is 22.6 Å². The van der Waals surface area contributed by atoms with Crippen LogP contribution in [0.1, 0.15) is 72.3 Å². The lowest BCUT2D eigenvalue weighted by Gasteiger charge is -2.25. The highest BCUT2D eigenvalue weighted by molar-refractivity contribution is 14.1. The minimum atomic E-state index is -0.968. The molecule has 0 bridgehead atoms. The summed E-state index contributed by atoms with van der Waals surface area (Å²) in [5, 5.41) is 13.5. The van der Waals surface area contributed by atoms with Crippen LogP contribution in [0.3, 0.4) is 0 Å². The molecule has 13 nitrogen and oxygen atoms in total. The second-order valence-corrected chi connectivity index (χ2v) is 12.5. The van der Waals surface area contributed by atoms with Gasteiger partial charge in [0.2, 0.25) is 23.6 Å². The number of anilines is 1. The number of urea groups is 1. The van der Waals surface area contributed by atoms with Gasteiger partial charge in [-0.05, 0) is 70.1 Å². The Morgan fingerprint density at radius 3 is 2.07 bits per heavy atom. The zero-order chi connectivity index (χ0) is 33.3. The third-order valence-electron chi connectivity index (χ3n) is 6.35. The Morgan fingerprint density at radius 1 is 0.864 bits per heavy atom. The fourth-order valence-corrected chi connectivity index (χ4v) is 4.06. The van der Waals surface area contributed by atoms with E-state index in [1.54, 1.807) is 58.9 Å². The number of benzene rings is 1. The van der Waals surface area contributed by atoms with E-state index in [0.717, 1.165) is 5.56 Å². The highest BCUT2D eigenvalue weighted by atomic mass is 127. The Bertz CT molecular complexity index is 1120. The molecule has 0 aromatic heterocycles. The Hall–Kier alpha value is -3.43. The van der Waals surface area contributed by atoms with Crippen LogP contribution in [0.4, 0.5) is 10.5 Å². The van der Waals surface area contributed by atoms with Gasteiger partial charge in [0.1, 0.15) is 18.7 Å². The highest BCUT2D eigenvalue weighted by Crippen LogP contribution is 2.18. The second kappa shape index (κ2) is 19.8. The fourth-order valence-electron chi connectivity index (χ4n) is 3.79. The lowest BCUT2D eigenvalue weighted by atomic mass is 9.97. The topological polar surface area (TPSA) is 198 Å². The molecule has 1 aromatic rings. The summed E-state index contributed by atoms with van der Waals surface area (Å²) < 4.78 is 5.69. The first-order valence-electron chi connectivity index (χ1n) is 14.7. The van der Waals surface area contributed by atoms with Crippen molar-refractivity contribution >= 4 is 63.9 Å². The number of unbranched alkanes of at least 4 members (excludes halogenated alkanes) is 1. The van der Waals surface area contributed by atoms with Gasteiger partial charge in [-0.25, -0.2) is 4.79 Å². The molecule has 1 unspecified atom stereocenters. The van der Waals surface area contributed by atoms with Crippen molar-refractivity contribution in [1.29, 1.82) is 0 Å². The molecular weight excluding hydrogens is 683 g/mol. The molecule has 0 aliphatic rings. The Morgan fingerprint density at radius 2 is 1.50 bits per heavy atom. The van der Waals surface area contributed by atoms with Gasteiger partial charge >= 0.3 is 12.0 Å². The number of carbonyl (C=O) groups excluding carboxylic acids is 6. The van der Waals surface area contributed by atoms with Crippen LogP contribution in [-0.2, 0) is 35.3 Å². The van der Waals surface area contributed by atoms with E-state index < -0.39 is 35.3 Å². The number of primary amides is 1. The number of esters is 1. The average Bonchev–Trinajstić information content (AvgIpc) is 2.95. The number of alkyl halides is 1. The predicted molar refractivity (Wildman–Crippen MR) is 176 cm³/mol. The van der Waals surface area contributed by atoms with Crippen LogP contribution in [0.15, 0.2) is 24.3 Å². The quantitative estimate of drug-likeness (QED) is 0.0577. The normalized spacial score (nSPS) is 12.4. The molecule has 44 heavy (non-hydrogen) atoms. The standard InChI is InChI=1S/C30H47IN6O7/c1-19(2)25(37-23(38)10-6-7-15-33-24(39)17-31)27(41)36-22(9-8-16-34-29(32)43)26(40)35-21-13-11-20(12-14-21)18-44-28(42)30(3,4)5/h11-14,19,22,25H,6-10,15-18H2,1-5H3,(H,33,39)(H,35,40)(H,36,41)(H,37,38)(H3,32,34,43)/t22-,25?/m0/s1. The van der Waals surface area contributed by atoms with Crippen molar-refractivity contribution in [3.63, 3.8) is 0 Å². The molecule has 246 valence electrons. The Balaban J connectivity index is 2.83. The Labute approximate surface area is 273 Å². The van der Waals surface area contributed by atoms with Crippen LogP contribution in [0.2, 0.25) is 0 Å². The molecule has 0 radical (unpaired) electrons. The van der Waals surface area contributed by atoms with Crippen molar-refractivity contribution in [3.8, 4) is 0 Å². The number of nitrogens with one attached hydrogen (secondary N) is 5. The van der Waals surface area contributed by atoms with E-state index in [1.165, 1.54) is 0 Å². The molecule has 0 saturated carbocycles. The van der Waals surface area contributed by atoms with Crippen molar-refractivity contribution < 1.29 is 33.5 Å². The smallest absolute Gasteiger partial charge is 0.312 e. The number of hydrogen-bond acceptors (Lipinski definition) is 7. The average molecular weight is 731 g/mol. The molecule has 6 amide bonds. The van der Waals surface area contributed by atoms with Crippen molar-refractivity contribution in [2.45, 2.75) is 85.4 Å². The van der Waals surface area contributed by atoms with Crippen molar-refractivity contribution in [1.82, 2.24) is 21.3 Å². The summed E-state index contributed by atoms with van der Waals surface area (Å²) in [5.41, 5.74) is 5.72. The van der Waals surface area contributed by atoms with Gasteiger partial charge in [0, 0.05) is 25.2 Å². The van der Waals surface area contributed by atoms with Crippen LogP contribution in [-0.4, -0.2) is 65.2 Å². The number of halogens is 1. The number of hydrogen-bond donors (Lipinski definition) is 6. The molecule has 0 aliphatic carbocycles.